The average molecular weight is 492 g/mol. The van der Waals surface area contributed by atoms with Gasteiger partial charge in [-0.2, -0.15) is 0 Å². The summed E-state index contributed by atoms with van der Waals surface area (Å²) in [6, 6.07) is 15.8. The number of likely N-dealkylation sites (tertiary alicyclic amines) is 1. The Hall–Kier alpha value is -3.06. The predicted molar refractivity (Wildman–Crippen MR) is 138 cm³/mol. The Morgan fingerprint density at radius 1 is 1.11 bits per heavy atom. The molecule has 2 fully saturated rings. The molecule has 0 aromatic heterocycles. The first-order valence-corrected chi connectivity index (χ1v) is 13.4. The molecule has 0 bridgehead atoms. The van der Waals surface area contributed by atoms with Crippen LogP contribution >= 0.6 is 0 Å². The zero-order chi connectivity index (χ0) is 25.1. The van der Waals surface area contributed by atoms with E-state index >= 15 is 0 Å². The number of fused-ring (bicyclic) bond motifs is 4. The fraction of sp³-hybridized carbons (Fsp3) is 0.517. The van der Waals surface area contributed by atoms with Crippen LogP contribution < -0.4 is 10.1 Å². The third-order valence-electron chi connectivity index (χ3n) is 7.88. The molecular formula is C29H37N3O4. The summed E-state index contributed by atoms with van der Waals surface area (Å²) in [5, 5.41) is 3.23. The number of benzene rings is 2. The van der Waals surface area contributed by atoms with E-state index in [0.29, 0.717) is 26.4 Å². The van der Waals surface area contributed by atoms with E-state index in [1.165, 1.54) is 11.1 Å². The number of carbonyl (C=O) groups excluding carboxylic acids is 2. The lowest BCUT2D eigenvalue weighted by Crippen LogP contribution is -2.61. The van der Waals surface area contributed by atoms with Crippen molar-refractivity contribution in [2.45, 2.75) is 57.7 Å². The Balaban J connectivity index is 1.37. The van der Waals surface area contributed by atoms with Gasteiger partial charge < -0.3 is 24.6 Å². The van der Waals surface area contributed by atoms with Gasteiger partial charge in [0.2, 0.25) is 5.91 Å². The van der Waals surface area contributed by atoms with Gasteiger partial charge in [-0.05, 0) is 68.4 Å². The minimum absolute atomic E-state index is 0.0409. The minimum atomic E-state index is -0.301. The highest BCUT2D eigenvalue weighted by molar-refractivity contribution is 5.84. The smallest absolute Gasteiger partial charge is 0.318 e. The van der Waals surface area contributed by atoms with Gasteiger partial charge in [-0.15, -0.1) is 0 Å². The van der Waals surface area contributed by atoms with E-state index in [0.717, 1.165) is 43.5 Å². The second-order valence-corrected chi connectivity index (χ2v) is 9.91. The molecule has 3 aliphatic heterocycles. The van der Waals surface area contributed by atoms with Crippen molar-refractivity contribution in [3.05, 3.63) is 65.2 Å². The molecule has 2 saturated heterocycles. The lowest BCUT2D eigenvalue weighted by Gasteiger charge is -2.51. The van der Waals surface area contributed by atoms with E-state index in [1.807, 2.05) is 43.0 Å². The van der Waals surface area contributed by atoms with Crippen LogP contribution in [-0.4, -0.2) is 60.7 Å². The van der Waals surface area contributed by atoms with Crippen LogP contribution in [0.2, 0.25) is 0 Å². The molecular weight excluding hydrogens is 454 g/mol. The maximum Gasteiger partial charge on any atom is 0.318 e. The monoisotopic (exact) mass is 491 g/mol. The Bertz CT molecular complexity index is 1090. The summed E-state index contributed by atoms with van der Waals surface area (Å²) in [5.74, 6) is 0.855. The topological polar surface area (TPSA) is 71.1 Å². The molecule has 0 aliphatic carbocycles. The molecule has 0 radical (unpaired) electrons. The number of nitrogens with zero attached hydrogens (tertiary/aromatic N) is 2. The molecule has 2 aromatic carbocycles. The second kappa shape index (κ2) is 10.9. The first-order chi connectivity index (χ1) is 17.6. The largest absolute Gasteiger partial charge is 0.494 e. The lowest BCUT2D eigenvalue weighted by atomic mass is 9.76. The zero-order valence-corrected chi connectivity index (χ0v) is 21.3. The van der Waals surface area contributed by atoms with E-state index in [9.17, 15) is 9.59 Å². The molecule has 0 saturated carbocycles. The van der Waals surface area contributed by atoms with Gasteiger partial charge in [0.1, 0.15) is 5.75 Å². The Labute approximate surface area is 213 Å². The number of nitrogens with one attached hydrogen (secondary N) is 1. The maximum absolute atomic E-state index is 13.7. The first kappa shape index (κ1) is 24.6. The standard InChI is InChI=1S/C29H37N3O4/c1-3-35-19-25(21-10-7-11-22(17-21)36-4-2)30-29(34)32-15-8-13-24-27(32)18-26-23-12-6-5-9-20(23)14-16-31(26)28(24)33/h5-7,9-12,17,24-27H,3-4,8,13-16,18-19H2,1-2H3,(H,30,34)/t24-,25-,26+,27-/m0/s1. The lowest BCUT2D eigenvalue weighted by molar-refractivity contribution is -0.148. The van der Waals surface area contributed by atoms with Gasteiger partial charge in [0, 0.05) is 25.7 Å². The molecule has 5 rings (SSSR count). The van der Waals surface area contributed by atoms with E-state index in [-0.39, 0.29) is 36.0 Å². The average Bonchev–Trinajstić information content (AvgIpc) is 2.91. The summed E-state index contributed by atoms with van der Waals surface area (Å²) in [6.45, 7) is 6.86. The molecule has 0 unspecified atom stereocenters. The zero-order valence-electron chi connectivity index (χ0n) is 21.3. The fourth-order valence-corrected chi connectivity index (χ4v) is 6.18. The molecule has 7 heteroatoms. The van der Waals surface area contributed by atoms with Crippen LogP contribution in [-0.2, 0) is 16.0 Å². The summed E-state index contributed by atoms with van der Waals surface area (Å²) in [5.41, 5.74) is 3.51. The number of piperidine rings is 2. The van der Waals surface area contributed by atoms with Crippen molar-refractivity contribution in [3.63, 3.8) is 0 Å². The van der Waals surface area contributed by atoms with Gasteiger partial charge in [0.15, 0.2) is 0 Å². The van der Waals surface area contributed by atoms with Crippen molar-refractivity contribution < 1.29 is 19.1 Å². The van der Waals surface area contributed by atoms with Crippen molar-refractivity contribution in [2.75, 3.05) is 32.9 Å². The summed E-state index contributed by atoms with van der Waals surface area (Å²) in [4.78, 5) is 31.3. The summed E-state index contributed by atoms with van der Waals surface area (Å²) < 4.78 is 11.4. The Morgan fingerprint density at radius 3 is 2.81 bits per heavy atom. The number of ether oxygens (including phenoxy) is 2. The van der Waals surface area contributed by atoms with E-state index < -0.39 is 0 Å². The van der Waals surface area contributed by atoms with Gasteiger partial charge in [-0.1, -0.05) is 36.4 Å². The third-order valence-corrected chi connectivity index (χ3v) is 7.88. The summed E-state index contributed by atoms with van der Waals surface area (Å²) in [6.07, 6.45) is 3.37. The minimum Gasteiger partial charge on any atom is -0.494 e. The molecule has 3 amide bonds. The number of urea groups is 1. The van der Waals surface area contributed by atoms with Crippen LogP contribution in [0, 0.1) is 5.92 Å². The quantitative estimate of drug-likeness (QED) is 0.620. The van der Waals surface area contributed by atoms with Gasteiger partial charge in [0.05, 0.1) is 31.2 Å². The molecule has 7 nitrogen and oxygen atoms in total. The van der Waals surface area contributed by atoms with Crippen LogP contribution in [0.4, 0.5) is 4.79 Å². The highest BCUT2D eigenvalue weighted by atomic mass is 16.5. The van der Waals surface area contributed by atoms with Crippen LogP contribution in [0.25, 0.3) is 0 Å². The van der Waals surface area contributed by atoms with Gasteiger partial charge in [0.25, 0.3) is 0 Å². The third kappa shape index (κ3) is 4.81. The Morgan fingerprint density at radius 2 is 1.97 bits per heavy atom. The SMILES string of the molecule is CCOC[C@H](NC(=O)N1CCC[C@@H]2C(=O)N3CCc4ccccc4[C@H]3C[C@@H]21)c1cccc(OCC)c1. The van der Waals surface area contributed by atoms with Crippen molar-refractivity contribution >= 4 is 11.9 Å². The van der Waals surface area contributed by atoms with Gasteiger partial charge in [-0.3, -0.25) is 4.79 Å². The molecule has 4 atom stereocenters. The molecule has 36 heavy (non-hydrogen) atoms. The maximum atomic E-state index is 13.7. The van der Waals surface area contributed by atoms with E-state index in [1.54, 1.807) is 0 Å². The molecule has 2 aromatic rings. The highest BCUT2D eigenvalue weighted by Gasteiger charge is 2.48. The molecule has 3 heterocycles. The fourth-order valence-electron chi connectivity index (χ4n) is 6.18. The molecule has 192 valence electrons. The van der Waals surface area contributed by atoms with Crippen LogP contribution in [0.3, 0.4) is 0 Å². The number of hydrogen-bond donors (Lipinski definition) is 1. The van der Waals surface area contributed by atoms with Crippen molar-refractivity contribution in [1.82, 2.24) is 15.1 Å². The first-order valence-electron chi connectivity index (χ1n) is 13.4. The number of carbonyl (C=O) groups is 2. The predicted octanol–water partition coefficient (Wildman–Crippen LogP) is 4.48. The summed E-state index contributed by atoms with van der Waals surface area (Å²) >= 11 is 0. The van der Waals surface area contributed by atoms with Crippen LogP contribution in [0.15, 0.2) is 48.5 Å². The molecule has 3 aliphatic rings. The molecule has 1 N–H and O–H groups in total. The number of hydrogen-bond acceptors (Lipinski definition) is 4. The number of amides is 3. The van der Waals surface area contributed by atoms with Crippen LogP contribution in [0.5, 0.6) is 5.75 Å². The van der Waals surface area contributed by atoms with Gasteiger partial charge in [-0.25, -0.2) is 4.79 Å². The van der Waals surface area contributed by atoms with Crippen LogP contribution in [0.1, 0.15) is 61.9 Å². The normalized spacial score (nSPS) is 23.8. The van der Waals surface area contributed by atoms with E-state index in [2.05, 4.69) is 34.5 Å². The van der Waals surface area contributed by atoms with Gasteiger partial charge >= 0.3 is 6.03 Å². The Kier molecular flexibility index (Phi) is 7.46. The van der Waals surface area contributed by atoms with Crippen molar-refractivity contribution in [3.8, 4) is 5.75 Å². The summed E-state index contributed by atoms with van der Waals surface area (Å²) in [7, 11) is 0. The van der Waals surface area contributed by atoms with Crippen molar-refractivity contribution in [1.29, 1.82) is 0 Å². The highest BCUT2D eigenvalue weighted by Crippen LogP contribution is 2.43. The van der Waals surface area contributed by atoms with Crippen molar-refractivity contribution in [2.24, 2.45) is 5.92 Å². The molecule has 0 spiro atoms. The second-order valence-electron chi connectivity index (χ2n) is 9.91. The number of rotatable bonds is 7. The van der Waals surface area contributed by atoms with E-state index in [4.69, 9.17) is 9.47 Å².